The molecule has 0 aromatic rings. The van der Waals surface area contributed by atoms with Crippen LogP contribution in [0.15, 0.2) is 0 Å². The Hall–Kier alpha value is -0.440. The molecule has 0 atom stereocenters. The SMILES string of the molecule is CCOC(=O)NCCCCCCCl. The first kappa shape index (κ1) is 12.6. The minimum atomic E-state index is -0.320. The summed E-state index contributed by atoms with van der Waals surface area (Å²) >= 11 is 5.52. The number of carbonyl (C=O) groups is 1. The second kappa shape index (κ2) is 9.65. The van der Waals surface area contributed by atoms with E-state index in [1.807, 2.05) is 0 Å². The number of alkyl halides is 1. The zero-order valence-corrected chi connectivity index (χ0v) is 8.90. The number of hydrogen-bond donors (Lipinski definition) is 1. The molecule has 78 valence electrons. The highest BCUT2D eigenvalue weighted by atomic mass is 35.5. The summed E-state index contributed by atoms with van der Waals surface area (Å²) in [6, 6.07) is 0. The summed E-state index contributed by atoms with van der Waals surface area (Å²) < 4.78 is 4.70. The number of unbranched alkanes of at least 4 members (excludes halogenated alkanes) is 3. The monoisotopic (exact) mass is 207 g/mol. The van der Waals surface area contributed by atoms with Gasteiger partial charge in [0.1, 0.15) is 0 Å². The van der Waals surface area contributed by atoms with E-state index in [0.29, 0.717) is 13.2 Å². The van der Waals surface area contributed by atoms with Gasteiger partial charge in [-0.1, -0.05) is 12.8 Å². The standard InChI is InChI=1S/C9H18ClNO2/c1-2-13-9(12)11-8-6-4-3-5-7-10/h2-8H2,1H3,(H,11,12). The largest absolute Gasteiger partial charge is 0.450 e. The van der Waals surface area contributed by atoms with Crippen LogP contribution in [-0.4, -0.2) is 25.1 Å². The van der Waals surface area contributed by atoms with E-state index in [4.69, 9.17) is 16.3 Å². The summed E-state index contributed by atoms with van der Waals surface area (Å²) in [5.41, 5.74) is 0. The van der Waals surface area contributed by atoms with Gasteiger partial charge in [-0.3, -0.25) is 0 Å². The Balaban J connectivity index is 3.02. The van der Waals surface area contributed by atoms with Crippen molar-refractivity contribution < 1.29 is 9.53 Å². The zero-order valence-electron chi connectivity index (χ0n) is 8.14. The minimum absolute atomic E-state index is 0.320. The van der Waals surface area contributed by atoms with Crippen LogP contribution in [-0.2, 0) is 4.74 Å². The molecule has 0 aromatic heterocycles. The maximum absolute atomic E-state index is 10.8. The van der Waals surface area contributed by atoms with E-state index in [1.165, 1.54) is 0 Å². The van der Waals surface area contributed by atoms with Crippen LogP contribution in [0, 0.1) is 0 Å². The van der Waals surface area contributed by atoms with E-state index >= 15 is 0 Å². The average Bonchev–Trinajstić information content (AvgIpc) is 2.11. The Bertz CT molecular complexity index is 131. The van der Waals surface area contributed by atoms with Crippen LogP contribution in [0.5, 0.6) is 0 Å². The topological polar surface area (TPSA) is 38.3 Å². The lowest BCUT2D eigenvalue weighted by atomic mass is 10.2. The van der Waals surface area contributed by atoms with Crippen LogP contribution in [0.4, 0.5) is 4.79 Å². The van der Waals surface area contributed by atoms with Gasteiger partial charge in [-0.2, -0.15) is 0 Å². The number of rotatable bonds is 7. The van der Waals surface area contributed by atoms with Crippen LogP contribution in [0.25, 0.3) is 0 Å². The lowest BCUT2D eigenvalue weighted by Gasteiger charge is -2.04. The number of hydrogen-bond acceptors (Lipinski definition) is 2. The van der Waals surface area contributed by atoms with Crippen molar-refractivity contribution in [3.05, 3.63) is 0 Å². The van der Waals surface area contributed by atoms with Gasteiger partial charge in [-0.05, 0) is 19.8 Å². The zero-order chi connectivity index (χ0) is 9.94. The molecule has 0 aromatic carbocycles. The van der Waals surface area contributed by atoms with Crippen molar-refractivity contribution in [2.45, 2.75) is 32.6 Å². The van der Waals surface area contributed by atoms with Gasteiger partial charge in [0.05, 0.1) is 6.61 Å². The third-order valence-corrected chi connectivity index (χ3v) is 1.87. The fraction of sp³-hybridized carbons (Fsp3) is 0.889. The first-order chi connectivity index (χ1) is 6.31. The van der Waals surface area contributed by atoms with Crippen molar-refractivity contribution in [1.82, 2.24) is 5.32 Å². The molecule has 0 saturated carbocycles. The third-order valence-electron chi connectivity index (χ3n) is 1.61. The number of halogens is 1. The van der Waals surface area contributed by atoms with E-state index in [2.05, 4.69) is 5.32 Å². The first-order valence-corrected chi connectivity index (χ1v) is 5.31. The predicted molar refractivity (Wildman–Crippen MR) is 54.2 cm³/mol. The molecule has 13 heavy (non-hydrogen) atoms. The summed E-state index contributed by atoms with van der Waals surface area (Å²) in [5.74, 6) is 0.727. The fourth-order valence-electron chi connectivity index (χ4n) is 0.946. The highest BCUT2D eigenvalue weighted by Crippen LogP contribution is 1.99. The van der Waals surface area contributed by atoms with E-state index in [9.17, 15) is 4.79 Å². The normalized spacial score (nSPS) is 9.69. The van der Waals surface area contributed by atoms with Gasteiger partial charge in [0.15, 0.2) is 0 Å². The molecule has 0 spiro atoms. The Morgan fingerprint density at radius 3 is 2.62 bits per heavy atom. The van der Waals surface area contributed by atoms with Gasteiger partial charge in [-0.15, -0.1) is 11.6 Å². The van der Waals surface area contributed by atoms with Crippen molar-refractivity contribution in [2.24, 2.45) is 0 Å². The van der Waals surface area contributed by atoms with Gasteiger partial charge in [-0.25, -0.2) is 4.79 Å². The molecule has 0 aliphatic rings. The summed E-state index contributed by atoms with van der Waals surface area (Å²) in [4.78, 5) is 10.8. The quantitative estimate of drug-likeness (QED) is 0.515. The number of alkyl carbamates (subject to hydrolysis) is 1. The molecule has 0 rings (SSSR count). The van der Waals surface area contributed by atoms with Crippen LogP contribution >= 0.6 is 11.6 Å². The Kier molecular flexibility index (Phi) is 9.32. The van der Waals surface area contributed by atoms with Crippen LogP contribution in [0.1, 0.15) is 32.6 Å². The smallest absolute Gasteiger partial charge is 0.407 e. The molecule has 1 N–H and O–H groups in total. The summed E-state index contributed by atoms with van der Waals surface area (Å²) in [5, 5.41) is 2.67. The number of amides is 1. The Morgan fingerprint density at radius 1 is 1.31 bits per heavy atom. The van der Waals surface area contributed by atoms with Crippen molar-refractivity contribution in [2.75, 3.05) is 19.0 Å². The molecule has 4 heteroatoms. The van der Waals surface area contributed by atoms with E-state index < -0.39 is 0 Å². The molecule has 0 heterocycles. The highest BCUT2D eigenvalue weighted by molar-refractivity contribution is 6.17. The van der Waals surface area contributed by atoms with E-state index in [1.54, 1.807) is 6.92 Å². The molecule has 1 amide bonds. The molecule has 3 nitrogen and oxygen atoms in total. The molecule has 0 aliphatic heterocycles. The van der Waals surface area contributed by atoms with Crippen LogP contribution in [0.2, 0.25) is 0 Å². The lowest BCUT2D eigenvalue weighted by molar-refractivity contribution is 0.152. The number of carbonyl (C=O) groups excluding carboxylic acids is 1. The average molecular weight is 208 g/mol. The van der Waals surface area contributed by atoms with Crippen molar-refractivity contribution in [1.29, 1.82) is 0 Å². The lowest BCUT2D eigenvalue weighted by Crippen LogP contribution is -2.25. The molecule has 0 radical (unpaired) electrons. The molecule has 0 unspecified atom stereocenters. The first-order valence-electron chi connectivity index (χ1n) is 4.77. The second-order valence-corrected chi connectivity index (χ2v) is 3.13. The number of nitrogens with one attached hydrogen (secondary N) is 1. The molecule has 0 saturated heterocycles. The van der Waals surface area contributed by atoms with Gasteiger partial charge >= 0.3 is 6.09 Å². The van der Waals surface area contributed by atoms with Gasteiger partial charge in [0.25, 0.3) is 0 Å². The summed E-state index contributed by atoms with van der Waals surface area (Å²) in [6.07, 6.45) is 3.98. The molecular weight excluding hydrogens is 190 g/mol. The summed E-state index contributed by atoms with van der Waals surface area (Å²) in [7, 11) is 0. The van der Waals surface area contributed by atoms with Crippen molar-refractivity contribution >= 4 is 17.7 Å². The summed E-state index contributed by atoms with van der Waals surface area (Å²) in [6.45, 7) is 2.92. The molecular formula is C9H18ClNO2. The van der Waals surface area contributed by atoms with Crippen LogP contribution in [0.3, 0.4) is 0 Å². The van der Waals surface area contributed by atoms with E-state index in [-0.39, 0.29) is 6.09 Å². The fourth-order valence-corrected chi connectivity index (χ4v) is 1.13. The number of ether oxygens (including phenoxy) is 1. The molecule has 0 aliphatic carbocycles. The predicted octanol–water partition coefficient (Wildman–Crippen LogP) is 2.53. The van der Waals surface area contributed by atoms with Crippen molar-refractivity contribution in [3.63, 3.8) is 0 Å². The second-order valence-electron chi connectivity index (χ2n) is 2.75. The third kappa shape index (κ3) is 9.47. The highest BCUT2D eigenvalue weighted by Gasteiger charge is 1.97. The molecule has 0 bridgehead atoms. The maximum Gasteiger partial charge on any atom is 0.407 e. The van der Waals surface area contributed by atoms with Gasteiger partial charge in [0.2, 0.25) is 0 Å². The Morgan fingerprint density at radius 2 is 2.00 bits per heavy atom. The van der Waals surface area contributed by atoms with Crippen molar-refractivity contribution in [3.8, 4) is 0 Å². The van der Waals surface area contributed by atoms with Gasteiger partial charge in [0, 0.05) is 12.4 Å². The van der Waals surface area contributed by atoms with Gasteiger partial charge < -0.3 is 10.1 Å². The van der Waals surface area contributed by atoms with E-state index in [0.717, 1.165) is 31.6 Å². The minimum Gasteiger partial charge on any atom is -0.450 e. The van der Waals surface area contributed by atoms with Crippen LogP contribution < -0.4 is 5.32 Å². The maximum atomic E-state index is 10.8. The Labute approximate surface area is 84.8 Å². The molecule has 0 fully saturated rings.